The highest BCUT2D eigenvalue weighted by atomic mass is 32.2. The molecule has 0 radical (unpaired) electrons. The summed E-state index contributed by atoms with van der Waals surface area (Å²) in [4.78, 5) is 30.3. The van der Waals surface area contributed by atoms with Crippen LogP contribution in [0.1, 0.15) is 44.4 Å². The second-order valence-corrected chi connectivity index (χ2v) is 14.4. The fourth-order valence-electron chi connectivity index (χ4n) is 5.27. The molecule has 0 fully saturated rings. The standard InChI is InChI=1S/C38H45N3O6S/c1-7-47-35-19-12-11-18-33(35)41(48(44,45)32-22-20-28(2)21-23-32)27-36(42)40(26-30-16-13-17-31(24-30)46-6)34(37(43)39-38(3,4)5)25-29-14-9-8-10-15-29/h8-24,34H,7,25-27H2,1-6H3,(H,39,43)/t34-/m1/s1. The Morgan fingerprint density at radius 2 is 1.50 bits per heavy atom. The number of anilines is 1. The lowest BCUT2D eigenvalue weighted by Gasteiger charge is -2.35. The molecule has 48 heavy (non-hydrogen) atoms. The Kier molecular flexibility index (Phi) is 11.9. The number of amides is 2. The van der Waals surface area contributed by atoms with E-state index in [9.17, 15) is 18.0 Å². The molecule has 0 saturated heterocycles. The lowest BCUT2D eigenvalue weighted by Crippen LogP contribution is -2.56. The first kappa shape index (κ1) is 36.0. The molecule has 4 rings (SSSR count). The molecule has 2 amide bonds. The van der Waals surface area contributed by atoms with Crippen LogP contribution in [0.4, 0.5) is 5.69 Å². The summed E-state index contributed by atoms with van der Waals surface area (Å²) in [5.74, 6) is -0.0166. The van der Waals surface area contributed by atoms with Crippen LogP contribution in [0.2, 0.25) is 0 Å². The van der Waals surface area contributed by atoms with Crippen molar-refractivity contribution in [3.05, 3.63) is 120 Å². The Hall–Kier alpha value is -4.83. The Morgan fingerprint density at radius 3 is 2.15 bits per heavy atom. The molecule has 0 aliphatic rings. The van der Waals surface area contributed by atoms with Crippen LogP contribution in [0.25, 0.3) is 0 Å². The van der Waals surface area contributed by atoms with E-state index in [4.69, 9.17) is 9.47 Å². The van der Waals surface area contributed by atoms with Crippen LogP contribution in [0, 0.1) is 6.92 Å². The monoisotopic (exact) mass is 671 g/mol. The van der Waals surface area contributed by atoms with Gasteiger partial charge in [-0.2, -0.15) is 0 Å². The first-order chi connectivity index (χ1) is 22.8. The average molecular weight is 672 g/mol. The van der Waals surface area contributed by atoms with E-state index in [0.29, 0.717) is 17.1 Å². The Labute approximate surface area is 284 Å². The number of benzene rings is 4. The van der Waals surface area contributed by atoms with Crippen LogP contribution in [0.15, 0.2) is 108 Å². The van der Waals surface area contributed by atoms with Gasteiger partial charge >= 0.3 is 0 Å². The predicted octanol–water partition coefficient (Wildman–Crippen LogP) is 6.15. The van der Waals surface area contributed by atoms with Gasteiger partial charge in [-0.3, -0.25) is 13.9 Å². The molecule has 0 heterocycles. The fourth-order valence-corrected chi connectivity index (χ4v) is 6.69. The number of carbonyl (C=O) groups excluding carboxylic acids is 2. The van der Waals surface area contributed by atoms with Gasteiger partial charge < -0.3 is 19.7 Å². The highest BCUT2D eigenvalue weighted by molar-refractivity contribution is 7.92. The van der Waals surface area contributed by atoms with Gasteiger partial charge in [0.05, 0.1) is 24.3 Å². The summed E-state index contributed by atoms with van der Waals surface area (Å²) in [5.41, 5.74) is 2.08. The summed E-state index contributed by atoms with van der Waals surface area (Å²) in [6, 6.07) is 28.9. The van der Waals surface area contributed by atoms with Gasteiger partial charge in [0.1, 0.15) is 24.1 Å². The third-order valence-electron chi connectivity index (χ3n) is 7.58. The summed E-state index contributed by atoms with van der Waals surface area (Å²) >= 11 is 0. The third kappa shape index (κ3) is 9.38. The van der Waals surface area contributed by atoms with Crippen molar-refractivity contribution >= 4 is 27.5 Å². The zero-order chi connectivity index (χ0) is 34.9. The minimum Gasteiger partial charge on any atom is -0.497 e. The van der Waals surface area contributed by atoms with E-state index in [2.05, 4.69) is 5.32 Å². The molecule has 0 spiro atoms. The van der Waals surface area contributed by atoms with Gasteiger partial charge in [0.25, 0.3) is 10.0 Å². The maximum atomic E-state index is 14.8. The van der Waals surface area contributed by atoms with Crippen molar-refractivity contribution in [3.63, 3.8) is 0 Å². The van der Waals surface area contributed by atoms with Crippen LogP contribution in [-0.4, -0.2) is 57.0 Å². The number of sulfonamides is 1. The fraction of sp³-hybridized carbons (Fsp3) is 0.316. The molecule has 0 aliphatic heterocycles. The molecule has 1 N–H and O–H groups in total. The first-order valence-corrected chi connectivity index (χ1v) is 17.4. The molecule has 1 atom stereocenters. The maximum absolute atomic E-state index is 14.8. The quantitative estimate of drug-likeness (QED) is 0.172. The van der Waals surface area contributed by atoms with Gasteiger partial charge in [-0.25, -0.2) is 8.42 Å². The van der Waals surface area contributed by atoms with E-state index in [1.165, 1.54) is 17.0 Å². The number of nitrogens with one attached hydrogen (secondary N) is 1. The van der Waals surface area contributed by atoms with Crippen molar-refractivity contribution in [1.29, 1.82) is 0 Å². The molecule has 0 aliphatic carbocycles. The molecule has 0 unspecified atom stereocenters. The second-order valence-electron chi connectivity index (χ2n) is 12.5. The topological polar surface area (TPSA) is 105 Å². The SMILES string of the molecule is CCOc1ccccc1N(CC(=O)N(Cc1cccc(OC)c1)[C@H](Cc1ccccc1)C(=O)NC(C)(C)C)S(=O)(=O)c1ccc(C)cc1. The van der Waals surface area contributed by atoms with Crippen LogP contribution in [0.5, 0.6) is 11.5 Å². The van der Waals surface area contributed by atoms with Crippen LogP contribution in [-0.2, 0) is 32.6 Å². The number of para-hydroxylation sites is 2. The Balaban J connectivity index is 1.86. The Bertz CT molecular complexity index is 1790. The first-order valence-electron chi connectivity index (χ1n) is 15.9. The van der Waals surface area contributed by atoms with Gasteiger partial charge in [-0.05, 0) is 82.1 Å². The van der Waals surface area contributed by atoms with Gasteiger partial charge in [-0.15, -0.1) is 0 Å². The van der Waals surface area contributed by atoms with Crippen molar-refractivity contribution in [3.8, 4) is 11.5 Å². The molecule has 4 aromatic carbocycles. The Morgan fingerprint density at radius 1 is 0.854 bits per heavy atom. The normalized spacial score (nSPS) is 12.1. The van der Waals surface area contributed by atoms with Crippen LogP contribution in [0.3, 0.4) is 0 Å². The number of rotatable bonds is 14. The molecule has 9 nitrogen and oxygen atoms in total. The van der Waals surface area contributed by atoms with Crippen molar-refractivity contribution in [2.24, 2.45) is 0 Å². The largest absolute Gasteiger partial charge is 0.497 e. The number of aryl methyl sites for hydroxylation is 1. The van der Waals surface area contributed by atoms with E-state index < -0.39 is 34.1 Å². The third-order valence-corrected chi connectivity index (χ3v) is 9.35. The van der Waals surface area contributed by atoms with E-state index in [1.807, 2.05) is 70.2 Å². The maximum Gasteiger partial charge on any atom is 0.264 e. The van der Waals surface area contributed by atoms with Gasteiger partial charge in [0.2, 0.25) is 11.8 Å². The summed E-state index contributed by atoms with van der Waals surface area (Å²) in [7, 11) is -2.72. The average Bonchev–Trinajstić information content (AvgIpc) is 3.05. The molecule has 0 aromatic heterocycles. The van der Waals surface area contributed by atoms with E-state index in [-0.39, 0.29) is 36.1 Å². The summed E-state index contributed by atoms with van der Waals surface area (Å²) in [6.07, 6.45) is 0.207. The second kappa shape index (κ2) is 15.8. The number of nitrogens with zero attached hydrogens (tertiary/aromatic N) is 2. The van der Waals surface area contributed by atoms with Crippen LogP contribution >= 0.6 is 0 Å². The minimum atomic E-state index is -4.27. The van der Waals surface area contributed by atoms with E-state index in [0.717, 1.165) is 15.4 Å². The zero-order valence-electron chi connectivity index (χ0n) is 28.5. The van der Waals surface area contributed by atoms with E-state index >= 15 is 0 Å². The van der Waals surface area contributed by atoms with Gasteiger partial charge in [0, 0.05) is 18.5 Å². The van der Waals surface area contributed by atoms with Crippen molar-refractivity contribution in [2.75, 3.05) is 24.6 Å². The van der Waals surface area contributed by atoms with E-state index in [1.54, 1.807) is 62.6 Å². The number of hydrogen-bond donors (Lipinski definition) is 1. The predicted molar refractivity (Wildman–Crippen MR) is 189 cm³/mol. The number of methoxy groups -OCH3 is 1. The van der Waals surface area contributed by atoms with Gasteiger partial charge in [0.15, 0.2) is 0 Å². The summed E-state index contributed by atoms with van der Waals surface area (Å²) in [6.45, 7) is 9.02. The summed E-state index contributed by atoms with van der Waals surface area (Å²) < 4.78 is 41.1. The number of carbonyl (C=O) groups is 2. The van der Waals surface area contributed by atoms with Crippen molar-refractivity contribution in [2.45, 2.75) is 64.1 Å². The number of ether oxygens (including phenoxy) is 2. The molecular weight excluding hydrogens is 627 g/mol. The van der Waals surface area contributed by atoms with Crippen molar-refractivity contribution < 1.29 is 27.5 Å². The molecule has 254 valence electrons. The minimum absolute atomic E-state index is 0.0244. The summed E-state index contributed by atoms with van der Waals surface area (Å²) in [5, 5.41) is 3.05. The molecule has 10 heteroatoms. The molecule has 0 saturated carbocycles. The van der Waals surface area contributed by atoms with Crippen molar-refractivity contribution in [1.82, 2.24) is 10.2 Å². The smallest absolute Gasteiger partial charge is 0.264 e. The van der Waals surface area contributed by atoms with Crippen LogP contribution < -0.4 is 19.1 Å². The lowest BCUT2D eigenvalue weighted by molar-refractivity contribution is -0.140. The molecule has 0 bridgehead atoms. The van der Waals surface area contributed by atoms with Gasteiger partial charge in [-0.1, -0.05) is 72.3 Å². The highest BCUT2D eigenvalue weighted by Gasteiger charge is 2.36. The lowest BCUT2D eigenvalue weighted by atomic mass is 10.0. The molecular formula is C38H45N3O6S. The molecule has 4 aromatic rings. The highest BCUT2D eigenvalue weighted by Crippen LogP contribution is 2.33. The zero-order valence-corrected chi connectivity index (χ0v) is 29.3. The number of hydrogen-bond acceptors (Lipinski definition) is 6.